The smallest absolute Gasteiger partial charge is 0.0729 e. The van der Waals surface area contributed by atoms with Gasteiger partial charge in [0.25, 0.3) is 0 Å². The predicted molar refractivity (Wildman–Crippen MR) is 75.4 cm³/mol. The van der Waals surface area contributed by atoms with E-state index in [4.69, 9.17) is 14.2 Å². The fraction of sp³-hybridized carbons (Fsp3) is 1.00. The Morgan fingerprint density at radius 1 is 1.32 bits per heavy atom. The highest BCUT2D eigenvalue weighted by molar-refractivity contribution is 4.92. The number of rotatable bonds is 5. The van der Waals surface area contributed by atoms with Crippen LogP contribution in [0.3, 0.4) is 0 Å². The molecule has 2 heterocycles. The zero-order valence-electron chi connectivity index (χ0n) is 12.6. The van der Waals surface area contributed by atoms with E-state index in [1.165, 1.54) is 0 Å². The van der Waals surface area contributed by atoms with Crippen molar-refractivity contribution in [1.82, 2.24) is 5.32 Å². The quantitative estimate of drug-likeness (QED) is 0.830. The van der Waals surface area contributed by atoms with E-state index in [1.54, 1.807) is 7.11 Å². The molecule has 4 nitrogen and oxygen atoms in total. The predicted octanol–water partition coefficient (Wildman–Crippen LogP) is 1.98. The molecule has 0 amide bonds. The van der Waals surface area contributed by atoms with Crippen LogP contribution < -0.4 is 5.32 Å². The maximum absolute atomic E-state index is 6.12. The minimum absolute atomic E-state index is 0.0899. The monoisotopic (exact) mass is 271 g/mol. The van der Waals surface area contributed by atoms with E-state index in [0.29, 0.717) is 18.1 Å². The maximum Gasteiger partial charge on any atom is 0.0729 e. The second-order valence-corrected chi connectivity index (χ2v) is 6.07. The van der Waals surface area contributed by atoms with E-state index in [2.05, 4.69) is 19.3 Å². The molecule has 0 radical (unpaired) electrons. The third-order valence-electron chi connectivity index (χ3n) is 4.86. The van der Waals surface area contributed by atoms with Crippen LogP contribution in [-0.2, 0) is 14.2 Å². The van der Waals surface area contributed by atoms with Crippen molar-refractivity contribution in [2.24, 2.45) is 5.92 Å². The number of methoxy groups -OCH3 is 1. The summed E-state index contributed by atoms with van der Waals surface area (Å²) in [5.74, 6) is 0.689. The molecule has 112 valence electrons. The van der Waals surface area contributed by atoms with Crippen LogP contribution in [0.4, 0.5) is 0 Å². The summed E-state index contributed by atoms with van der Waals surface area (Å²) < 4.78 is 17.0. The second-order valence-electron chi connectivity index (χ2n) is 6.07. The van der Waals surface area contributed by atoms with Gasteiger partial charge in [-0.05, 0) is 52.0 Å². The summed E-state index contributed by atoms with van der Waals surface area (Å²) >= 11 is 0. The Kier molecular flexibility index (Phi) is 5.63. The molecule has 0 aromatic carbocycles. The van der Waals surface area contributed by atoms with E-state index in [-0.39, 0.29) is 5.60 Å². The lowest BCUT2D eigenvalue weighted by Crippen LogP contribution is -2.49. The molecule has 3 unspecified atom stereocenters. The summed E-state index contributed by atoms with van der Waals surface area (Å²) in [5, 5.41) is 3.49. The molecule has 0 aromatic heterocycles. The lowest BCUT2D eigenvalue weighted by Gasteiger charge is -2.45. The van der Waals surface area contributed by atoms with Gasteiger partial charge in [0.1, 0.15) is 0 Å². The summed E-state index contributed by atoms with van der Waals surface area (Å²) in [6, 6.07) is 0.526. The van der Waals surface area contributed by atoms with Crippen LogP contribution in [0.1, 0.15) is 39.0 Å². The van der Waals surface area contributed by atoms with Gasteiger partial charge in [0.15, 0.2) is 0 Å². The van der Waals surface area contributed by atoms with Crippen LogP contribution >= 0.6 is 0 Å². The molecule has 0 saturated carbocycles. The molecule has 2 fully saturated rings. The average Bonchev–Trinajstić information content (AvgIpc) is 2.45. The molecular formula is C15H29NO3. The minimum atomic E-state index is 0.0899. The first kappa shape index (κ1) is 15.2. The summed E-state index contributed by atoms with van der Waals surface area (Å²) in [6.07, 6.45) is 5.82. The molecule has 2 saturated heterocycles. The number of nitrogens with one attached hydrogen (secondary N) is 1. The Morgan fingerprint density at radius 2 is 2.05 bits per heavy atom. The van der Waals surface area contributed by atoms with Crippen LogP contribution in [0.15, 0.2) is 0 Å². The summed E-state index contributed by atoms with van der Waals surface area (Å²) in [7, 11) is 3.86. The van der Waals surface area contributed by atoms with Crippen LogP contribution in [0.25, 0.3) is 0 Å². The Labute approximate surface area is 117 Å². The lowest BCUT2D eigenvalue weighted by atomic mass is 9.76. The van der Waals surface area contributed by atoms with E-state index in [0.717, 1.165) is 51.9 Å². The van der Waals surface area contributed by atoms with Crippen molar-refractivity contribution in [1.29, 1.82) is 0 Å². The number of hydrogen-bond donors (Lipinski definition) is 1. The molecule has 1 N–H and O–H groups in total. The lowest BCUT2D eigenvalue weighted by molar-refractivity contribution is -0.151. The minimum Gasteiger partial charge on any atom is -0.382 e. The number of hydrogen-bond acceptors (Lipinski definition) is 4. The normalized spacial score (nSPS) is 30.2. The van der Waals surface area contributed by atoms with Gasteiger partial charge in [-0.2, -0.15) is 0 Å². The molecule has 1 spiro atoms. The van der Waals surface area contributed by atoms with Gasteiger partial charge < -0.3 is 19.5 Å². The second kappa shape index (κ2) is 7.02. The zero-order valence-corrected chi connectivity index (χ0v) is 12.6. The van der Waals surface area contributed by atoms with Gasteiger partial charge >= 0.3 is 0 Å². The van der Waals surface area contributed by atoms with Crippen LogP contribution in [0.5, 0.6) is 0 Å². The van der Waals surface area contributed by atoms with Gasteiger partial charge in [-0.1, -0.05) is 0 Å². The summed E-state index contributed by atoms with van der Waals surface area (Å²) in [5.41, 5.74) is 0.0899. The van der Waals surface area contributed by atoms with Gasteiger partial charge in [-0.25, -0.2) is 0 Å². The van der Waals surface area contributed by atoms with E-state index in [1.807, 2.05) is 0 Å². The molecule has 0 aromatic rings. The first-order chi connectivity index (χ1) is 9.19. The Bertz CT molecular complexity index is 261. The van der Waals surface area contributed by atoms with Crippen LogP contribution in [0.2, 0.25) is 0 Å². The Hall–Kier alpha value is -0.160. The van der Waals surface area contributed by atoms with E-state index < -0.39 is 0 Å². The third kappa shape index (κ3) is 3.91. The average molecular weight is 271 g/mol. The van der Waals surface area contributed by atoms with Crippen molar-refractivity contribution in [2.45, 2.75) is 56.8 Å². The van der Waals surface area contributed by atoms with Crippen molar-refractivity contribution in [3.05, 3.63) is 0 Å². The van der Waals surface area contributed by atoms with Gasteiger partial charge in [-0.3, -0.25) is 0 Å². The van der Waals surface area contributed by atoms with Gasteiger partial charge in [-0.15, -0.1) is 0 Å². The summed E-state index contributed by atoms with van der Waals surface area (Å²) in [6.45, 7) is 4.74. The van der Waals surface area contributed by atoms with Crippen molar-refractivity contribution in [3.63, 3.8) is 0 Å². The third-order valence-corrected chi connectivity index (χ3v) is 4.86. The highest BCUT2D eigenvalue weighted by Crippen LogP contribution is 2.38. The Balaban J connectivity index is 1.94. The highest BCUT2D eigenvalue weighted by Gasteiger charge is 2.41. The van der Waals surface area contributed by atoms with E-state index >= 15 is 0 Å². The van der Waals surface area contributed by atoms with Gasteiger partial charge in [0.05, 0.1) is 11.7 Å². The van der Waals surface area contributed by atoms with Crippen molar-refractivity contribution in [2.75, 3.05) is 34.0 Å². The molecule has 4 heteroatoms. The van der Waals surface area contributed by atoms with Gasteiger partial charge in [0, 0.05) is 33.0 Å². The summed E-state index contributed by atoms with van der Waals surface area (Å²) in [4.78, 5) is 0. The SMILES string of the molecule is CNC(CC(C)OC)C1CCOC2(CCOCC2)C1. The largest absolute Gasteiger partial charge is 0.382 e. The molecule has 19 heavy (non-hydrogen) atoms. The number of ether oxygens (including phenoxy) is 3. The molecule has 3 atom stereocenters. The topological polar surface area (TPSA) is 39.7 Å². The van der Waals surface area contributed by atoms with Crippen LogP contribution in [-0.4, -0.2) is 51.7 Å². The zero-order chi connectivity index (χ0) is 13.7. The fourth-order valence-electron chi connectivity index (χ4n) is 3.50. The first-order valence-corrected chi connectivity index (χ1v) is 7.61. The van der Waals surface area contributed by atoms with Crippen molar-refractivity contribution >= 4 is 0 Å². The maximum atomic E-state index is 6.12. The van der Waals surface area contributed by atoms with Crippen molar-refractivity contribution < 1.29 is 14.2 Å². The first-order valence-electron chi connectivity index (χ1n) is 7.61. The van der Waals surface area contributed by atoms with Crippen molar-refractivity contribution in [3.8, 4) is 0 Å². The van der Waals surface area contributed by atoms with E-state index in [9.17, 15) is 0 Å². The fourth-order valence-corrected chi connectivity index (χ4v) is 3.50. The Morgan fingerprint density at radius 3 is 2.68 bits per heavy atom. The molecule has 0 bridgehead atoms. The van der Waals surface area contributed by atoms with Crippen LogP contribution in [0, 0.1) is 5.92 Å². The molecule has 0 aliphatic carbocycles. The molecular weight excluding hydrogens is 242 g/mol. The van der Waals surface area contributed by atoms with Gasteiger partial charge in [0.2, 0.25) is 0 Å². The standard InChI is InChI=1S/C15H29NO3/c1-12(17-3)10-14(16-2)13-4-7-19-15(11-13)5-8-18-9-6-15/h12-14,16H,4-11H2,1-3H3. The molecule has 2 aliphatic rings. The molecule has 2 aliphatic heterocycles. The molecule has 2 rings (SSSR count). The highest BCUT2D eigenvalue weighted by atomic mass is 16.5.